The number of aromatic nitrogens is 1. The third-order valence-electron chi connectivity index (χ3n) is 3.35. The topological polar surface area (TPSA) is 15.8 Å². The molecule has 0 saturated heterocycles. The Hall–Kier alpha value is -2.02. The Bertz CT molecular complexity index is 650. The molecule has 0 radical (unpaired) electrons. The molecule has 0 aliphatic rings. The SMILES string of the molecule is CCCc1[nH]c2ccccc2c1-c1ccccc1. The molecule has 1 N–H and O–H groups in total. The first-order valence-electron chi connectivity index (χ1n) is 6.55. The van der Waals surface area contributed by atoms with Crippen LogP contribution in [0.2, 0.25) is 0 Å². The van der Waals surface area contributed by atoms with Crippen LogP contribution in [-0.2, 0) is 6.42 Å². The Morgan fingerprint density at radius 3 is 2.39 bits per heavy atom. The highest BCUT2D eigenvalue weighted by Gasteiger charge is 2.11. The third kappa shape index (κ3) is 1.82. The molecule has 0 spiro atoms. The van der Waals surface area contributed by atoms with E-state index in [-0.39, 0.29) is 0 Å². The number of hydrogen-bond acceptors (Lipinski definition) is 0. The van der Waals surface area contributed by atoms with E-state index < -0.39 is 0 Å². The maximum Gasteiger partial charge on any atom is 0.0462 e. The summed E-state index contributed by atoms with van der Waals surface area (Å²) in [5, 5.41) is 1.33. The van der Waals surface area contributed by atoms with Crippen LogP contribution in [0.5, 0.6) is 0 Å². The summed E-state index contributed by atoms with van der Waals surface area (Å²) in [6.07, 6.45) is 2.26. The monoisotopic (exact) mass is 235 g/mol. The van der Waals surface area contributed by atoms with Gasteiger partial charge in [-0.1, -0.05) is 61.9 Å². The van der Waals surface area contributed by atoms with Crippen LogP contribution in [0.4, 0.5) is 0 Å². The highest BCUT2D eigenvalue weighted by molar-refractivity contribution is 5.97. The summed E-state index contributed by atoms with van der Waals surface area (Å²) in [5.74, 6) is 0. The van der Waals surface area contributed by atoms with Crippen molar-refractivity contribution in [1.29, 1.82) is 0 Å². The number of para-hydroxylation sites is 1. The van der Waals surface area contributed by atoms with E-state index in [0.717, 1.165) is 12.8 Å². The molecule has 3 rings (SSSR count). The molecule has 0 fully saturated rings. The zero-order chi connectivity index (χ0) is 12.4. The average Bonchev–Trinajstić information content (AvgIpc) is 2.78. The summed E-state index contributed by atoms with van der Waals surface area (Å²) in [7, 11) is 0. The second kappa shape index (κ2) is 4.69. The van der Waals surface area contributed by atoms with Crippen molar-refractivity contribution in [2.75, 3.05) is 0 Å². The minimum absolute atomic E-state index is 1.10. The predicted molar refractivity (Wildman–Crippen MR) is 77.7 cm³/mol. The number of H-pyrrole nitrogens is 1. The molecule has 0 amide bonds. The van der Waals surface area contributed by atoms with Gasteiger partial charge in [0.2, 0.25) is 0 Å². The van der Waals surface area contributed by atoms with Gasteiger partial charge in [-0.2, -0.15) is 0 Å². The van der Waals surface area contributed by atoms with Crippen LogP contribution in [0, 0.1) is 0 Å². The second-order valence-corrected chi connectivity index (χ2v) is 4.64. The fourth-order valence-electron chi connectivity index (χ4n) is 2.57. The number of hydrogen-bond donors (Lipinski definition) is 1. The van der Waals surface area contributed by atoms with Crippen molar-refractivity contribution in [2.24, 2.45) is 0 Å². The van der Waals surface area contributed by atoms with Crippen molar-refractivity contribution < 1.29 is 0 Å². The summed E-state index contributed by atoms with van der Waals surface area (Å²) in [5.41, 5.74) is 5.26. The fraction of sp³-hybridized carbons (Fsp3) is 0.176. The minimum Gasteiger partial charge on any atom is -0.358 e. The molecule has 18 heavy (non-hydrogen) atoms. The summed E-state index contributed by atoms with van der Waals surface area (Å²) in [4.78, 5) is 3.56. The molecular weight excluding hydrogens is 218 g/mol. The Kier molecular flexibility index (Phi) is 2.89. The smallest absolute Gasteiger partial charge is 0.0462 e. The van der Waals surface area contributed by atoms with E-state index >= 15 is 0 Å². The molecule has 0 aliphatic carbocycles. The number of fused-ring (bicyclic) bond motifs is 1. The van der Waals surface area contributed by atoms with Gasteiger partial charge in [0.05, 0.1) is 0 Å². The van der Waals surface area contributed by atoms with E-state index in [1.807, 2.05) is 0 Å². The lowest BCUT2D eigenvalue weighted by Crippen LogP contribution is -1.86. The van der Waals surface area contributed by atoms with Crippen LogP contribution in [0.1, 0.15) is 19.0 Å². The normalized spacial score (nSPS) is 10.9. The van der Waals surface area contributed by atoms with Crippen LogP contribution in [0.15, 0.2) is 54.6 Å². The van der Waals surface area contributed by atoms with Crippen LogP contribution in [0.3, 0.4) is 0 Å². The highest BCUT2D eigenvalue weighted by Crippen LogP contribution is 2.32. The van der Waals surface area contributed by atoms with Crippen molar-refractivity contribution in [3.05, 3.63) is 60.3 Å². The Balaban J connectivity index is 2.28. The summed E-state index contributed by atoms with van der Waals surface area (Å²) in [6, 6.07) is 19.2. The zero-order valence-electron chi connectivity index (χ0n) is 10.6. The lowest BCUT2D eigenvalue weighted by molar-refractivity contribution is 0.898. The number of aromatic amines is 1. The number of aryl methyl sites for hydroxylation is 1. The van der Waals surface area contributed by atoms with Gasteiger partial charge in [0, 0.05) is 22.2 Å². The molecule has 3 aromatic rings. The molecule has 1 heterocycles. The van der Waals surface area contributed by atoms with Crippen molar-refractivity contribution in [3.8, 4) is 11.1 Å². The van der Waals surface area contributed by atoms with Gasteiger partial charge in [0.15, 0.2) is 0 Å². The van der Waals surface area contributed by atoms with Crippen molar-refractivity contribution in [2.45, 2.75) is 19.8 Å². The highest BCUT2D eigenvalue weighted by atomic mass is 14.7. The first kappa shape index (κ1) is 11.1. The van der Waals surface area contributed by atoms with Gasteiger partial charge >= 0.3 is 0 Å². The Labute approximate surface area is 107 Å². The zero-order valence-corrected chi connectivity index (χ0v) is 10.6. The quantitative estimate of drug-likeness (QED) is 0.672. The van der Waals surface area contributed by atoms with E-state index in [4.69, 9.17) is 0 Å². The van der Waals surface area contributed by atoms with Crippen molar-refractivity contribution >= 4 is 10.9 Å². The second-order valence-electron chi connectivity index (χ2n) is 4.64. The van der Waals surface area contributed by atoms with E-state index in [1.54, 1.807) is 0 Å². The Morgan fingerprint density at radius 2 is 1.61 bits per heavy atom. The number of benzene rings is 2. The summed E-state index contributed by atoms with van der Waals surface area (Å²) >= 11 is 0. The van der Waals surface area contributed by atoms with E-state index in [9.17, 15) is 0 Å². The van der Waals surface area contributed by atoms with Gasteiger partial charge < -0.3 is 4.98 Å². The maximum absolute atomic E-state index is 3.56. The Morgan fingerprint density at radius 1 is 0.889 bits per heavy atom. The molecule has 90 valence electrons. The summed E-state index contributed by atoms with van der Waals surface area (Å²) in [6.45, 7) is 2.22. The van der Waals surface area contributed by atoms with Crippen LogP contribution in [0.25, 0.3) is 22.0 Å². The molecule has 0 atom stereocenters. The summed E-state index contributed by atoms with van der Waals surface area (Å²) < 4.78 is 0. The van der Waals surface area contributed by atoms with Crippen molar-refractivity contribution in [3.63, 3.8) is 0 Å². The molecule has 0 saturated carbocycles. The molecule has 2 aromatic carbocycles. The minimum atomic E-state index is 1.10. The lowest BCUT2D eigenvalue weighted by Gasteiger charge is -2.03. The predicted octanol–water partition coefficient (Wildman–Crippen LogP) is 4.79. The maximum atomic E-state index is 3.56. The fourth-order valence-corrected chi connectivity index (χ4v) is 2.57. The van der Waals surface area contributed by atoms with Gasteiger partial charge in [-0.3, -0.25) is 0 Å². The van der Waals surface area contributed by atoms with E-state index in [2.05, 4.69) is 66.5 Å². The van der Waals surface area contributed by atoms with E-state index in [1.165, 1.54) is 27.7 Å². The van der Waals surface area contributed by atoms with Crippen LogP contribution < -0.4 is 0 Å². The molecule has 0 aliphatic heterocycles. The third-order valence-corrected chi connectivity index (χ3v) is 3.35. The molecule has 0 bridgehead atoms. The van der Waals surface area contributed by atoms with Crippen LogP contribution in [-0.4, -0.2) is 4.98 Å². The number of rotatable bonds is 3. The molecule has 1 nitrogen and oxygen atoms in total. The lowest BCUT2D eigenvalue weighted by atomic mass is 10.0. The molecule has 1 heteroatoms. The van der Waals surface area contributed by atoms with Crippen LogP contribution >= 0.6 is 0 Å². The average molecular weight is 235 g/mol. The van der Waals surface area contributed by atoms with Gasteiger partial charge in [-0.25, -0.2) is 0 Å². The van der Waals surface area contributed by atoms with Crippen molar-refractivity contribution in [1.82, 2.24) is 4.98 Å². The first-order chi connectivity index (χ1) is 8.90. The molecule has 1 aromatic heterocycles. The molecule has 0 unspecified atom stereocenters. The van der Waals surface area contributed by atoms with Gasteiger partial charge in [0.1, 0.15) is 0 Å². The number of nitrogens with one attached hydrogen (secondary N) is 1. The largest absolute Gasteiger partial charge is 0.358 e. The molecular formula is C17H17N. The standard InChI is InChI=1S/C17H17N/c1-2-8-16-17(13-9-4-3-5-10-13)14-11-6-7-12-15(14)18-16/h3-7,9-12,18H,2,8H2,1H3. The van der Waals surface area contributed by atoms with Gasteiger partial charge in [-0.05, 0) is 18.1 Å². The van der Waals surface area contributed by atoms with Gasteiger partial charge in [0.25, 0.3) is 0 Å². The van der Waals surface area contributed by atoms with Gasteiger partial charge in [-0.15, -0.1) is 0 Å². The van der Waals surface area contributed by atoms with E-state index in [0.29, 0.717) is 0 Å². The first-order valence-corrected chi connectivity index (χ1v) is 6.55.